The summed E-state index contributed by atoms with van der Waals surface area (Å²) < 4.78 is 27.8. The third kappa shape index (κ3) is 1.31. The Hall–Kier alpha value is -0.130. The van der Waals surface area contributed by atoms with Gasteiger partial charge in [0.25, 0.3) is 0 Å². The normalized spacial score (nSPS) is 32.8. The summed E-state index contributed by atoms with van der Waals surface area (Å²) in [4.78, 5) is 0. The molecule has 0 spiro atoms. The molecule has 0 saturated carbocycles. The molecule has 0 aromatic rings. The lowest BCUT2D eigenvalue weighted by Gasteiger charge is -2.06. The van der Waals surface area contributed by atoms with Gasteiger partial charge in [0.2, 0.25) is 0 Å². The first-order valence-corrected chi connectivity index (χ1v) is 4.61. The largest absolute Gasteiger partial charge is 0.338 e. The smallest absolute Gasteiger partial charge is 0.253 e. The maximum atomic E-state index is 10.9. The van der Waals surface area contributed by atoms with E-state index in [-0.39, 0.29) is 6.10 Å². The van der Waals surface area contributed by atoms with E-state index in [1.165, 1.54) is 4.31 Å². The summed E-state index contributed by atoms with van der Waals surface area (Å²) >= 11 is 0. The van der Waals surface area contributed by atoms with Crippen LogP contribution in [0, 0.1) is 0 Å². The monoisotopic (exact) mass is 165 g/mol. The van der Waals surface area contributed by atoms with Crippen LogP contribution in [-0.2, 0) is 14.5 Å². The van der Waals surface area contributed by atoms with Gasteiger partial charge < -0.3 is 0 Å². The first-order valence-electron chi connectivity index (χ1n) is 3.24. The predicted molar refractivity (Wildman–Crippen MR) is 36.7 cm³/mol. The lowest BCUT2D eigenvalue weighted by molar-refractivity contribution is 0.266. The standard InChI is InChI=1S/C5H11NO3S/c1-3-6-4-5(2)9-10(6,7)8/h5H,3-4H2,1-2H3/t5-/m1/s1. The highest BCUT2D eigenvalue weighted by atomic mass is 32.2. The third-order valence-corrected chi connectivity index (χ3v) is 3.03. The van der Waals surface area contributed by atoms with Gasteiger partial charge in [0.1, 0.15) is 0 Å². The summed E-state index contributed by atoms with van der Waals surface area (Å²) in [5, 5.41) is 0. The van der Waals surface area contributed by atoms with Gasteiger partial charge >= 0.3 is 10.3 Å². The molecule has 0 aliphatic carbocycles. The SMILES string of the molecule is CCN1C[C@@H](C)OS1(=O)=O. The fourth-order valence-electron chi connectivity index (χ4n) is 0.964. The molecule has 1 heterocycles. The van der Waals surface area contributed by atoms with Crippen LogP contribution in [0.1, 0.15) is 13.8 Å². The minimum atomic E-state index is -3.35. The van der Waals surface area contributed by atoms with Crippen LogP contribution in [0.25, 0.3) is 0 Å². The highest BCUT2D eigenvalue weighted by molar-refractivity contribution is 7.84. The molecule has 4 nitrogen and oxygen atoms in total. The minimum absolute atomic E-state index is 0.190. The summed E-state index contributed by atoms with van der Waals surface area (Å²) in [6, 6.07) is 0. The van der Waals surface area contributed by atoms with E-state index in [0.29, 0.717) is 13.1 Å². The first kappa shape index (κ1) is 7.97. The second kappa shape index (κ2) is 2.48. The lowest BCUT2D eigenvalue weighted by atomic mass is 10.4. The van der Waals surface area contributed by atoms with Gasteiger partial charge in [0.15, 0.2) is 0 Å². The summed E-state index contributed by atoms with van der Waals surface area (Å²) in [7, 11) is -3.35. The van der Waals surface area contributed by atoms with Crippen LogP contribution >= 0.6 is 0 Å². The Labute approximate surface area is 61.0 Å². The molecule has 10 heavy (non-hydrogen) atoms. The molecule has 0 aromatic carbocycles. The van der Waals surface area contributed by atoms with E-state index in [1.54, 1.807) is 13.8 Å². The molecule has 0 radical (unpaired) electrons. The second-order valence-corrected chi connectivity index (χ2v) is 3.88. The van der Waals surface area contributed by atoms with Crippen molar-refractivity contribution < 1.29 is 12.6 Å². The van der Waals surface area contributed by atoms with Crippen molar-refractivity contribution in [3.05, 3.63) is 0 Å². The molecule has 1 saturated heterocycles. The highest BCUT2D eigenvalue weighted by Crippen LogP contribution is 2.15. The number of hydrogen-bond donors (Lipinski definition) is 0. The van der Waals surface area contributed by atoms with E-state index in [0.717, 1.165) is 0 Å². The van der Waals surface area contributed by atoms with Gasteiger partial charge in [-0.3, -0.25) is 4.18 Å². The van der Waals surface area contributed by atoms with E-state index in [2.05, 4.69) is 4.18 Å². The van der Waals surface area contributed by atoms with Crippen LogP contribution in [0.15, 0.2) is 0 Å². The molecule has 0 N–H and O–H groups in total. The van der Waals surface area contributed by atoms with Crippen molar-refractivity contribution in [1.29, 1.82) is 0 Å². The number of likely N-dealkylation sites (N-methyl/N-ethyl adjacent to an activating group) is 1. The zero-order valence-electron chi connectivity index (χ0n) is 6.07. The highest BCUT2D eigenvalue weighted by Gasteiger charge is 2.32. The van der Waals surface area contributed by atoms with Crippen LogP contribution < -0.4 is 0 Å². The fourth-order valence-corrected chi connectivity index (χ4v) is 2.27. The predicted octanol–water partition coefficient (Wildman–Crippen LogP) is -0.0282. The van der Waals surface area contributed by atoms with Crippen molar-refractivity contribution in [2.24, 2.45) is 0 Å². The van der Waals surface area contributed by atoms with Crippen LogP contribution in [0.5, 0.6) is 0 Å². The summed E-state index contributed by atoms with van der Waals surface area (Å²) in [6.07, 6.45) is -0.190. The Morgan fingerprint density at radius 3 is 2.50 bits per heavy atom. The molecule has 1 aliphatic rings. The minimum Gasteiger partial charge on any atom is -0.253 e. The van der Waals surface area contributed by atoms with Crippen LogP contribution in [-0.4, -0.2) is 31.9 Å². The molecule has 5 heteroatoms. The van der Waals surface area contributed by atoms with E-state index in [1.807, 2.05) is 0 Å². The van der Waals surface area contributed by atoms with Crippen molar-refractivity contribution in [1.82, 2.24) is 4.31 Å². The fraction of sp³-hybridized carbons (Fsp3) is 1.00. The molecule has 1 fully saturated rings. The topological polar surface area (TPSA) is 46.6 Å². The van der Waals surface area contributed by atoms with Gasteiger partial charge in [-0.2, -0.15) is 12.7 Å². The molecule has 0 aromatic heterocycles. The zero-order chi connectivity index (χ0) is 7.78. The zero-order valence-corrected chi connectivity index (χ0v) is 6.89. The molecule has 1 atom stereocenters. The average Bonchev–Trinajstić information content (AvgIpc) is 2.04. The molecule has 1 rings (SSSR count). The Morgan fingerprint density at radius 1 is 1.70 bits per heavy atom. The van der Waals surface area contributed by atoms with Gasteiger partial charge in [0, 0.05) is 13.1 Å². The Bertz CT molecular complexity index is 211. The Balaban J connectivity index is 2.78. The molecule has 0 bridgehead atoms. The lowest BCUT2D eigenvalue weighted by Crippen LogP contribution is -2.25. The summed E-state index contributed by atoms with van der Waals surface area (Å²) in [5.41, 5.74) is 0. The van der Waals surface area contributed by atoms with Crippen LogP contribution in [0.3, 0.4) is 0 Å². The second-order valence-electron chi connectivity index (χ2n) is 2.32. The van der Waals surface area contributed by atoms with Crippen LogP contribution in [0.4, 0.5) is 0 Å². The van der Waals surface area contributed by atoms with Crippen molar-refractivity contribution in [3.63, 3.8) is 0 Å². The number of hydrogen-bond acceptors (Lipinski definition) is 3. The van der Waals surface area contributed by atoms with Crippen molar-refractivity contribution in [2.45, 2.75) is 20.0 Å². The molecule has 0 amide bonds. The van der Waals surface area contributed by atoms with E-state index < -0.39 is 10.3 Å². The molecule has 1 aliphatic heterocycles. The quantitative estimate of drug-likeness (QED) is 0.548. The van der Waals surface area contributed by atoms with Crippen molar-refractivity contribution in [2.75, 3.05) is 13.1 Å². The van der Waals surface area contributed by atoms with Gasteiger partial charge in [0.05, 0.1) is 6.10 Å². The van der Waals surface area contributed by atoms with Crippen LogP contribution in [0.2, 0.25) is 0 Å². The van der Waals surface area contributed by atoms with Crippen molar-refractivity contribution >= 4 is 10.3 Å². The van der Waals surface area contributed by atoms with Gasteiger partial charge in [-0.15, -0.1) is 0 Å². The summed E-state index contributed by atoms with van der Waals surface area (Å²) in [5.74, 6) is 0. The molecule has 60 valence electrons. The Morgan fingerprint density at radius 2 is 2.30 bits per heavy atom. The Kier molecular flexibility index (Phi) is 1.98. The maximum absolute atomic E-state index is 10.9. The van der Waals surface area contributed by atoms with E-state index in [4.69, 9.17) is 0 Å². The van der Waals surface area contributed by atoms with Gasteiger partial charge in [-0.1, -0.05) is 6.92 Å². The van der Waals surface area contributed by atoms with E-state index in [9.17, 15) is 8.42 Å². The first-order chi connectivity index (χ1) is 4.56. The number of rotatable bonds is 1. The molecular weight excluding hydrogens is 154 g/mol. The van der Waals surface area contributed by atoms with E-state index >= 15 is 0 Å². The molecule has 0 unspecified atom stereocenters. The molecular formula is C5H11NO3S. The van der Waals surface area contributed by atoms with Crippen molar-refractivity contribution in [3.8, 4) is 0 Å². The van der Waals surface area contributed by atoms with Gasteiger partial charge in [-0.05, 0) is 6.92 Å². The third-order valence-electron chi connectivity index (χ3n) is 1.42. The number of nitrogens with zero attached hydrogens (tertiary/aromatic N) is 1. The maximum Gasteiger partial charge on any atom is 0.338 e. The van der Waals surface area contributed by atoms with Gasteiger partial charge in [-0.25, -0.2) is 0 Å². The average molecular weight is 165 g/mol. The summed E-state index contributed by atoms with van der Waals surface area (Å²) in [6.45, 7) is 4.51.